The van der Waals surface area contributed by atoms with Gasteiger partial charge in [0, 0.05) is 24.6 Å². The van der Waals surface area contributed by atoms with Gasteiger partial charge in [0.2, 0.25) is 0 Å². The Labute approximate surface area is 158 Å². The standard InChI is InChI=1S/C18H22FN3O4S/c1-3-13-11-15(20-17(13)16-12(2)5-4-6-14(16)19)18(23)21-27(24,25)22-7-9-26-10-8-22/h4-6,11,13H,3,7-10H2,1-2H3,(H,21,23). The minimum Gasteiger partial charge on any atom is -0.379 e. The number of amides is 1. The molecule has 1 saturated heterocycles. The van der Waals surface area contributed by atoms with Crippen LogP contribution in [0.25, 0.3) is 0 Å². The molecule has 0 bridgehead atoms. The van der Waals surface area contributed by atoms with Crippen LogP contribution in [-0.4, -0.2) is 50.6 Å². The summed E-state index contributed by atoms with van der Waals surface area (Å²) < 4.78 is 47.4. The van der Waals surface area contributed by atoms with Crippen LogP contribution in [0.15, 0.2) is 35.0 Å². The summed E-state index contributed by atoms with van der Waals surface area (Å²) in [6.45, 7) is 4.60. The van der Waals surface area contributed by atoms with Crippen LogP contribution in [0.3, 0.4) is 0 Å². The first-order valence-corrected chi connectivity index (χ1v) is 10.2. The minimum absolute atomic E-state index is 0.0173. The number of benzene rings is 1. The van der Waals surface area contributed by atoms with Crippen LogP contribution in [0, 0.1) is 18.7 Å². The molecule has 2 aliphatic rings. The molecule has 3 rings (SSSR count). The van der Waals surface area contributed by atoms with Crippen LogP contribution >= 0.6 is 0 Å². The Morgan fingerprint density at radius 3 is 2.70 bits per heavy atom. The van der Waals surface area contributed by atoms with Gasteiger partial charge in [0.15, 0.2) is 0 Å². The molecular formula is C18H22FN3O4S. The van der Waals surface area contributed by atoms with Gasteiger partial charge in [-0.2, -0.15) is 12.7 Å². The van der Waals surface area contributed by atoms with Crippen molar-refractivity contribution in [2.45, 2.75) is 20.3 Å². The van der Waals surface area contributed by atoms with Gasteiger partial charge in [-0.25, -0.2) is 14.1 Å². The van der Waals surface area contributed by atoms with Crippen molar-refractivity contribution in [3.05, 3.63) is 46.9 Å². The van der Waals surface area contributed by atoms with Gasteiger partial charge >= 0.3 is 10.2 Å². The van der Waals surface area contributed by atoms with Crippen LogP contribution in [0.4, 0.5) is 4.39 Å². The lowest BCUT2D eigenvalue weighted by atomic mass is 9.92. The number of hydrogen-bond acceptors (Lipinski definition) is 5. The molecule has 1 unspecified atom stereocenters. The number of aryl methyl sites for hydroxylation is 1. The Hall–Kier alpha value is -2.10. The van der Waals surface area contributed by atoms with Crippen molar-refractivity contribution in [2.24, 2.45) is 10.9 Å². The molecule has 1 amide bonds. The van der Waals surface area contributed by atoms with E-state index in [-0.39, 0.29) is 37.9 Å². The first-order valence-electron chi connectivity index (χ1n) is 8.79. The van der Waals surface area contributed by atoms with Crippen LogP contribution in [0.2, 0.25) is 0 Å². The number of allylic oxidation sites excluding steroid dienone is 1. The van der Waals surface area contributed by atoms with Crippen LogP contribution < -0.4 is 4.72 Å². The molecule has 2 heterocycles. The Bertz CT molecular complexity index is 885. The Morgan fingerprint density at radius 1 is 1.37 bits per heavy atom. The van der Waals surface area contributed by atoms with Gasteiger partial charge < -0.3 is 4.74 Å². The van der Waals surface area contributed by atoms with Crippen molar-refractivity contribution in [3.8, 4) is 0 Å². The average molecular weight is 395 g/mol. The second kappa shape index (κ2) is 7.87. The second-order valence-electron chi connectivity index (χ2n) is 6.44. The molecule has 146 valence electrons. The highest BCUT2D eigenvalue weighted by Crippen LogP contribution is 2.28. The van der Waals surface area contributed by atoms with Gasteiger partial charge in [0.05, 0.1) is 18.9 Å². The minimum atomic E-state index is -3.97. The lowest BCUT2D eigenvalue weighted by molar-refractivity contribution is -0.115. The van der Waals surface area contributed by atoms with E-state index in [4.69, 9.17) is 4.74 Å². The molecule has 0 aliphatic carbocycles. The number of carbonyl (C=O) groups is 1. The topological polar surface area (TPSA) is 88.1 Å². The summed E-state index contributed by atoms with van der Waals surface area (Å²) in [5.41, 5.74) is 1.50. The van der Waals surface area contributed by atoms with Gasteiger partial charge in [0.25, 0.3) is 5.91 Å². The Morgan fingerprint density at radius 2 is 2.07 bits per heavy atom. The van der Waals surface area contributed by atoms with Crippen molar-refractivity contribution in [1.82, 2.24) is 9.03 Å². The number of aliphatic imine (C=N–C) groups is 1. The maximum Gasteiger partial charge on any atom is 0.304 e. The summed E-state index contributed by atoms with van der Waals surface area (Å²) in [5.74, 6) is -1.49. The molecule has 7 nitrogen and oxygen atoms in total. The molecule has 1 N–H and O–H groups in total. The largest absolute Gasteiger partial charge is 0.379 e. The Kier molecular flexibility index (Phi) is 5.73. The summed E-state index contributed by atoms with van der Waals surface area (Å²) in [6, 6.07) is 4.73. The van der Waals surface area contributed by atoms with Gasteiger partial charge in [-0.1, -0.05) is 19.1 Å². The van der Waals surface area contributed by atoms with E-state index in [1.165, 1.54) is 6.07 Å². The van der Waals surface area contributed by atoms with Gasteiger partial charge in [0.1, 0.15) is 11.5 Å². The van der Waals surface area contributed by atoms with E-state index in [0.717, 1.165) is 4.31 Å². The van der Waals surface area contributed by atoms with E-state index in [2.05, 4.69) is 4.99 Å². The Balaban J connectivity index is 1.84. The monoisotopic (exact) mass is 395 g/mol. The van der Waals surface area contributed by atoms with E-state index in [1.807, 2.05) is 11.6 Å². The molecule has 1 fully saturated rings. The molecule has 0 spiro atoms. The third-order valence-electron chi connectivity index (χ3n) is 4.63. The first-order chi connectivity index (χ1) is 12.8. The number of morpholine rings is 1. The molecule has 1 atom stereocenters. The fourth-order valence-corrected chi connectivity index (χ4v) is 4.27. The predicted molar refractivity (Wildman–Crippen MR) is 99.0 cm³/mol. The molecule has 1 aromatic carbocycles. The molecular weight excluding hydrogens is 373 g/mol. The zero-order valence-electron chi connectivity index (χ0n) is 15.2. The summed E-state index contributed by atoms with van der Waals surface area (Å²) in [5, 5.41) is 0. The van der Waals surface area contributed by atoms with E-state index in [1.54, 1.807) is 25.1 Å². The normalized spacial score (nSPS) is 20.9. The van der Waals surface area contributed by atoms with Crippen LogP contribution in [-0.2, 0) is 19.7 Å². The maximum atomic E-state index is 14.3. The first kappa shape index (κ1) is 19.7. The van der Waals surface area contributed by atoms with E-state index in [9.17, 15) is 17.6 Å². The molecule has 9 heteroatoms. The maximum absolute atomic E-state index is 14.3. The SMILES string of the molecule is CCC1C=C(C(=O)NS(=O)(=O)N2CCOCC2)N=C1c1c(C)cccc1F. The zero-order valence-corrected chi connectivity index (χ0v) is 16.1. The number of hydrogen-bond donors (Lipinski definition) is 1. The highest BCUT2D eigenvalue weighted by molar-refractivity contribution is 7.87. The van der Waals surface area contributed by atoms with Crippen molar-refractivity contribution in [1.29, 1.82) is 0 Å². The highest BCUT2D eigenvalue weighted by atomic mass is 32.2. The smallest absolute Gasteiger partial charge is 0.304 e. The average Bonchev–Trinajstić information content (AvgIpc) is 3.06. The predicted octanol–water partition coefficient (Wildman–Crippen LogP) is 1.54. The van der Waals surface area contributed by atoms with E-state index < -0.39 is 21.9 Å². The summed E-state index contributed by atoms with van der Waals surface area (Å²) in [7, 11) is -3.97. The number of carbonyl (C=O) groups excluding carboxylic acids is 1. The summed E-state index contributed by atoms with van der Waals surface area (Å²) in [4.78, 5) is 16.8. The van der Waals surface area contributed by atoms with Crippen molar-refractivity contribution >= 4 is 21.8 Å². The molecule has 1 aromatic rings. The highest BCUT2D eigenvalue weighted by Gasteiger charge is 2.31. The number of nitrogens with zero attached hydrogens (tertiary/aromatic N) is 2. The lowest BCUT2D eigenvalue weighted by Gasteiger charge is -2.25. The van der Waals surface area contributed by atoms with Gasteiger partial charge in [-0.05, 0) is 31.1 Å². The van der Waals surface area contributed by atoms with Crippen LogP contribution in [0.5, 0.6) is 0 Å². The third kappa shape index (κ3) is 4.10. The van der Waals surface area contributed by atoms with E-state index in [0.29, 0.717) is 23.3 Å². The van der Waals surface area contributed by atoms with Crippen molar-refractivity contribution in [2.75, 3.05) is 26.3 Å². The second-order valence-corrected chi connectivity index (χ2v) is 8.11. The molecule has 27 heavy (non-hydrogen) atoms. The summed E-state index contributed by atoms with van der Waals surface area (Å²) in [6.07, 6.45) is 2.20. The zero-order chi connectivity index (χ0) is 19.6. The molecule has 0 aromatic heterocycles. The summed E-state index contributed by atoms with van der Waals surface area (Å²) >= 11 is 0. The third-order valence-corrected chi connectivity index (χ3v) is 6.12. The number of halogens is 1. The quantitative estimate of drug-likeness (QED) is 0.819. The molecule has 0 radical (unpaired) electrons. The van der Waals surface area contributed by atoms with Crippen molar-refractivity contribution in [3.63, 3.8) is 0 Å². The number of nitrogens with one attached hydrogen (secondary N) is 1. The molecule has 2 aliphatic heterocycles. The fraction of sp³-hybridized carbons (Fsp3) is 0.444. The van der Waals surface area contributed by atoms with Crippen LogP contribution in [0.1, 0.15) is 24.5 Å². The van der Waals surface area contributed by atoms with Crippen molar-refractivity contribution < 1.29 is 22.3 Å². The lowest BCUT2D eigenvalue weighted by Crippen LogP contribution is -2.48. The van der Waals surface area contributed by atoms with Gasteiger partial charge in [-0.15, -0.1) is 0 Å². The molecule has 0 saturated carbocycles. The van der Waals surface area contributed by atoms with E-state index >= 15 is 0 Å². The number of rotatable bonds is 5. The van der Waals surface area contributed by atoms with Gasteiger partial charge in [-0.3, -0.25) is 4.79 Å². The fourth-order valence-electron chi connectivity index (χ4n) is 3.18. The number of ether oxygens (including phenoxy) is 1.